The van der Waals surface area contributed by atoms with Crippen molar-refractivity contribution in [3.8, 4) is 5.75 Å². The Morgan fingerprint density at radius 2 is 1.93 bits per heavy atom. The molecule has 7 nitrogen and oxygen atoms in total. The summed E-state index contributed by atoms with van der Waals surface area (Å²) in [6.07, 6.45) is 8.43. The lowest BCUT2D eigenvalue weighted by Crippen LogP contribution is -2.25. The molecule has 29 heavy (non-hydrogen) atoms. The molecule has 3 aromatic rings. The van der Waals surface area contributed by atoms with Gasteiger partial charge in [-0.25, -0.2) is 9.50 Å². The smallest absolute Gasteiger partial charge is 0.177 e. The largest absolute Gasteiger partial charge is 0.494 e. The second-order valence-electron chi connectivity index (χ2n) is 7.88. The number of imidazole rings is 1. The summed E-state index contributed by atoms with van der Waals surface area (Å²) in [5.74, 6) is 1.77. The number of unbranched alkanes of at least 4 members (excludes halogenated alkanes) is 1. The average Bonchev–Trinajstić information content (AvgIpc) is 3.14. The molecular weight excluding hydrogens is 364 g/mol. The van der Waals surface area contributed by atoms with Gasteiger partial charge in [0.15, 0.2) is 5.65 Å². The number of hydrogen-bond acceptors (Lipinski definition) is 6. The highest BCUT2D eigenvalue weighted by atomic mass is 16.5. The maximum Gasteiger partial charge on any atom is 0.177 e. The number of nitrogens with one attached hydrogen (secondary N) is 1. The molecule has 0 aliphatic heterocycles. The molecule has 0 unspecified atom stereocenters. The number of nitrogens with zero attached hydrogens (tertiary/aromatic N) is 3. The Hall–Kier alpha value is -2.80. The Kier molecular flexibility index (Phi) is 5.85. The molecular formula is C22H30N6O. The number of ether oxygens (including phenoxy) is 1. The van der Waals surface area contributed by atoms with Gasteiger partial charge in [-0.15, -0.1) is 5.10 Å². The average molecular weight is 395 g/mol. The summed E-state index contributed by atoms with van der Waals surface area (Å²) in [7, 11) is 0. The molecule has 1 aromatic carbocycles. The van der Waals surface area contributed by atoms with Crippen LogP contribution in [0.4, 0.5) is 17.2 Å². The van der Waals surface area contributed by atoms with Crippen molar-refractivity contribution in [2.24, 2.45) is 5.73 Å². The van der Waals surface area contributed by atoms with Gasteiger partial charge in [0.2, 0.25) is 0 Å². The van der Waals surface area contributed by atoms with Crippen LogP contribution < -0.4 is 21.5 Å². The van der Waals surface area contributed by atoms with Gasteiger partial charge in [0.25, 0.3) is 0 Å². The minimum absolute atomic E-state index is 0.322. The maximum atomic E-state index is 6.05. The first-order chi connectivity index (χ1) is 14.1. The Morgan fingerprint density at radius 1 is 1.17 bits per heavy atom. The molecule has 2 heterocycles. The fourth-order valence-electron chi connectivity index (χ4n) is 3.84. The van der Waals surface area contributed by atoms with E-state index in [1.807, 2.05) is 36.5 Å². The van der Waals surface area contributed by atoms with Crippen molar-refractivity contribution in [1.29, 1.82) is 0 Å². The van der Waals surface area contributed by atoms with Crippen LogP contribution in [0.15, 0.2) is 36.5 Å². The second kappa shape index (κ2) is 8.69. The molecule has 0 saturated heterocycles. The Bertz CT molecular complexity index is 944. The van der Waals surface area contributed by atoms with Crippen molar-refractivity contribution in [2.75, 3.05) is 17.7 Å². The van der Waals surface area contributed by atoms with E-state index in [1.54, 1.807) is 4.52 Å². The van der Waals surface area contributed by atoms with Crippen molar-refractivity contribution in [2.45, 2.75) is 57.4 Å². The standard InChI is InChI=1S/C22H30N6O/c1-2-3-12-29-18-10-8-17(9-11-18)25-19-13-21(24)27-28-14-20(26-22(19)28)15-4-6-16(23)7-5-15/h8-11,13-16,25H,2-7,12,23H2,1H3,(H2,24,27). The van der Waals surface area contributed by atoms with E-state index in [4.69, 9.17) is 21.2 Å². The highest BCUT2D eigenvalue weighted by molar-refractivity contribution is 5.75. The van der Waals surface area contributed by atoms with Gasteiger partial charge in [-0.2, -0.15) is 0 Å². The van der Waals surface area contributed by atoms with Gasteiger partial charge in [0.1, 0.15) is 11.6 Å². The van der Waals surface area contributed by atoms with Crippen LogP contribution in [0, 0.1) is 0 Å². The number of rotatable bonds is 7. The molecule has 1 aliphatic carbocycles. The molecule has 0 radical (unpaired) electrons. The molecule has 0 bridgehead atoms. The predicted octanol–water partition coefficient (Wildman–Crippen LogP) is 4.22. The number of hydrogen-bond donors (Lipinski definition) is 3. The lowest BCUT2D eigenvalue weighted by Gasteiger charge is -2.24. The van der Waals surface area contributed by atoms with Gasteiger partial charge >= 0.3 is 0 Å². The topological polar surface area (TPSA) is 103 Å². The van der Waals surface area contributed by atoms with Gasteiger partial charge in [-0.3, -0.25) is 0 Å². The zero-order chi connectivity index (χ0) is 20.2. The number of anilines is 3. The van der Waals surface area contributed by atoms with Crippen molar-refractivity contribution in [3.05, 3.63) is 42.2 Å². The molecule has 1 fully saturated rings. The number of benzene rings is 1. The van der Waals surface area contributed by atoms with E-state index in [9.17, 15) is 0 Å². The summed E-state index contributed by atoms with van der Waals surface area (Å²) in [5.41, 5.74) is 15.7. The first kappa shape index (κ1) is 19.5. The zero-order valence-corrected chi connectivity index (χ0v) is 17.0. The molecule has 1 saturated carbocycles. The quantitative estimate of drug-likeness (QED) is 0.518. The van der Waals surface area contributed by atoms with Gasteiger partial charge in [0.05, 0.1) is 24.2 Å². The third-order valence-electron chi connectivity index (χ3n) is 5.55. The summed E-state index contributed by atoms with van der Waals surface area (Å²) in [5, 5.41) is 7.84. The lowest BCUT2D eigenvalue weighted by atomic mass is 9.85. The first-order valence-corrected chi connectivity index (χ1v) is 10.5. The Morgan fingerprint density at radius 3 is 2.66 bits per heavy atom. The van der Waals surface area contributed by atoms with Gasteiger partial charge in [-0.05, 0) is 56.4 Å². The number of nitrogens with two attached hydrogens (primary N) is 2. The highest BCUT2D eigenvalue weighted by Gasteiger charge is 2.23. The summed E-state index contributed by atoms with van der Waals surface area (Å²) >= 11 is 0. The molecule has 0 spiro atoms. The van der Waals surface area contributed by atoms with Crippen LogP contribution in [0.25, 0.3) is 5.65 Å². The highest BCUT2D eigenvalue weighted by Crippen LogP contribution is 2.33. The zero-order valence-electron chi connectivity index (χ0n) is 17.0. The van der Waals surface area contributed by atoms with Crippen molar-refractivity contribution in [3.63, 3.8) is 0 Å². The van der Waals surface area contributed by atoms with Crippen molar-refractivity contribution >= 4 is 22.8 Å². The fourth-order valence-corrected chi connectivity index (χ4v) is 3.84. The van der Waals surface area contributed by atoms with E-state index in [1.165, 1.54) is 0 Å². The van der Waals surface area contributed by atoms with E-state index >= 15 is 0 Å². The monoisotopic (exact) mass is 394 g/mol. The fraction of sp³-hybridized carbons (Fsp3) is 0.455. The molecule has 2 aromatic heterocycles. The molecule has 0 amide bonds. The van der Waals surface area contributed by atoms with E-state index in [2.05, 4.69) is 17.3 Å². The summed E-state index contributed by atoms with van der Waals surface area (Å²) in [6.45, 7) is 2.90. The van der Waals surface area contributed by atoms with Crippen LogP contribution in [0.5, 0.6) is 5.75 Å². The number of fused-ring (bicyclic) bond motifs is 1. The van der Waals surface area contributed by atoms with E-state index in [0.29, 0.717) is 17.8 Å². The van der Waals surface area contributed by atoms with Gasteiger partial charge in [0, 0.05) is 23.7 Å². The van der Waals surface area contributed by atoms with Crippen LogP contribution in [0.1, 0.15) is 57.1 Å². The third-order valence-corrected chi connectivity index (χ3v) is 5.55. The minimum Gasteiger partial charge on any atom is -0.494 e. The molecule has 154 valence electrons. The normalized spacial score (nSPS) is 19.4. The van der Waals surface area contributed by atoms with Gasteiger partial charge < -0.3 is 21.5 Å². The van der Waals surface area contributed by atoms with Crippen molar-refractivity contribution < 1.29 is 4.74 Å². The summed E-state index contributed by atoms with van der Waals surface area (Å²) in [4.78, 5) is 4.88. The second-order valence-corrected chi connectivity index (χ2v) is 7.88. The van der Waals surface area contributed by atoms with Gasteiger partial charge in [-0.1, -0.05) is 13.3 Å². The van der Waals surface area contributed by atoms with Crippen LogP contribution in [-0.4, -0.2) is 27.2 Å². The van der Waals surface area contributed by atoms with Crippen LogP contribution in [-0.2, 0) is 0 Å². The van der Waals surface area contributed by atoms with Crippen LogP contribution >= 0.6 is 0 Å². The first-order valence-electron chi connectivity index (χ1n) is 10.5. The van der Waals surface area contributed by atoms with Crippen LogP contribution in [0.3, 0.4) is 0 Å². The molecule has 7 heteroatoms. The molecule has 0 atom stereocenters. The molecule has 4 rings (SSSR count). The third kappa shape index (κ3) is 4.62. The minimum atomic E-state index is 0.322. The Balaban J connectivity index is 1.53. The summed E-state index contributed by atoms with van der Waals surface area (Å²) in [6, 6.07) is 10.1. The van der Waals surface area contributed by atoms with Crippen molar-refractivity contribution in [1.82, 2.24) is 14.6 Å². The van der Waals surface area contributed by atoms with E-state index in [0.717, 1.165) is 73.6 Å². The SMILES string of the molecule is CCCCOc1ccc(Nc2cc(N)nn3cc(C4CCC(N)CC4)nc23)cc1. The molecule has 1 aliphatic rings. The lowest BCUT2D eigenvalue weighted by molar-refractivity contribution is 0.309. The summed E-state index contributed by atoms with van der Waals surface area (Å²) < 4.78 is 7.52. The predicted molar refractivity (Wildman–Crippen MR) is 117 cm³/mol. The van der Waals surface area contributed by atoms with E-state index < -0.39 is 0 Å². The van der Waals surface area contributed by atoms with E-state index in [-0.39, 0.29) is 0 Å². The maximum absolute atomic E-state index is 6.05. The molecule has 5 N–H and O–H groups in total. The number of nitrogen functional groups attached to an aromatic ring is 1. The Labute approximate surface area is 171 Å². The number of aromatic nitrogens is 3. The van der Waals surface area contributed by atoms with Crippen LogP contribution in [0.2, 0.25) is 0 Å².